The van der Waals surface area contributed by atoms with Crippen molar-refractivity contribution in [2.75, 3.05) is 31.6 Å². The molecule has 0 radical (unpaired) electrons. The van der Waals surface area contributed by atoms with Gasteiger partial charge in [0.25, 0.3) is 5.91 Å². The highest BCUT2D eigenvalue weighted by Gasteiger charge is 2.15. The van der Waals surface area contributed by atoms with Crippen molar-refractivity contribution in [2.24, 2.45) is 0 Å². The van der Waals surface area contributed by atoms with Crippen LogP contribution in [-0.4, -0.2) is 47.5 Å². The molecule has 0 unspecified atom stereocenters. The molecule has 1 aliphatic heterocycles. The van der Waals surface area contributed by atoms with Gasteiger partial charge in [-0.05, 0) is 19.3 Å². The summed E-state index contributed by atoms with van der Waals surface area (Å²) in [4.78, 5) is 25.0. The molecule has 116 valence electrons. The fraction of sp³-hybridized carbons (Fsp3) is 0.688. The van der Waals surface area contributed by atoms with E-state index >= 15 is 0 Å². The summed E-state index contributed by atoms with van der Waals surface area (Å²) in [6.07, 6.45) is 10.4. The van der Waals surface area contributed by atoms with E-state index in [1.165, 1.54) is 25.7 Å². The predicted molar refractivity (Wildman–Crippen MR) is 84.6 cm³/mol. The zero-order valence-corrected chi connectivity index (χ0v) is 13.2. The van der Waals surface area contributed by atoms with Crippen molar-refractivity contribution < 1.29 is 4.79 Å². The monoisotopic (exact) mass is 290 g/mol. The normalized spacial score (nSPS) is 15.6. The van der Waals surface area contributed by atoms with Crippen LogP contribution in [0, 0.1) is 0 Å². The molecule has 1 aromatic heterocycles. The number of carbonyl (C=O) groups is 1. The van der Waals surface area contributed by atoms with Crippen LogP contribution in [0.3, 0.4) is 0 Å². The van der Waals surface area contributed by atoms with Crippen molar-refractivity contribution in [2.45, 2.75) is 45.4 Å². The van der Waals surface area contributed by atoms with E-state index < -0.39 is 0 Å². The molecule has 1 amide bonds. The molecule has 5 nitrogen and oxygen atoms in total. The largest absolute Gasteiger partial charge is 0.342 e. The Hall–Kier alpha value is -1.65. The van der Waals surface area contributed by atoms with Gasteiger partial charge in [-0.2, -0.15) is 0 Å². The lowest BCUT2D eigenvalue weighted by Crippen LogP contribution is -2.29. The fourth-order valence-corrected chi connectivity index (χ4v) is 2.58. The minimum atomic E-state index is 0.00543. The predicted octanol–water partition coefficient (Wildman–Crippen LogP) is 2.73. The van der Waals surface area contributed by atoms with Crippen molar-refractivity contribution >= 4 is 11.9 Å². The Labute approximate surface area is 127 Å². The summed E-state index contributed by atoms with van der Waals surface area (Å²) in [5.41, 5.74) is 0.576. The van der Waals surface area contributed by atoms with Gasteiger partial charge >= 0.3 is 0 Å². The molecule has 2 heterocycles. The Kier molecular flexibility index (Phi) is 5.96. The number of amides is 1. The SMILES string of the molecule is CCCCN(C)C(=O)c1cnc(N2CCCCCC2)nc1. The summed E-state index contributed by atoms with van der Waals surface area (Å²) in [5.74, 6) is 0.760. The summed E-state index contributed by atoms with van der Waals surface area (Å²) in [6.45, 7) is 4.94. The first kappa shape index (κ1) is 15.7. The molecule has 0 bridgehead atoms. The van der Waals surface area contributed by atoms with Gasteiger partial charge in [0.05, 0.1) is 5.56 Å². The van der Waals surface area contributed by atoms with Crippen LogP contribution in [-0.2, 0) is 0 Å². The third-order valence-electron chi connectivity index (χ3n) is 3.97. The van der Waals surface area contributed by atoms with Crippen LogP contribution in [0.1, 0.15) is 55.8 Å². The third-order valence-corrected chi connectivity index (χ3v) is 3.97. The van der Waals surface area contributed by atoms with Gasteiger partial charge in [0.1, 0.15) is 0 Å². The van der Waals surface area contributed by atoms with E-state index in [9.17, 15) is 4.79 Å². The molecule has 1 saturated heterocycles. The van der Waals surface area contributed by atoms with E-state index in [0.717, 1.165) is 38.4 Å². The van der Waals surface area contributed by atoms with Gasteiger partial charge in [0, 0.05) is 39.1 Å². The zero-order valence-electron chi connectivity index (χ0n) is 13.2. The molecule has 0 spiro atoms. The maximum Gasteiger partial charge on any atom is 0.256 e. The highest BCUT2D eigenvalue weighted by atomic mass is 16.2. The third kappa shape index (κ3) is 4.41. The maximum atomic E-state index is 12.2. The zero-order chi connectivity index (χ0) is 15.1. The first-order valence-corrected chi connectivity index (χ1v) is 8.05. The molecule has 0 aromatic carbocycles. The highest BCUT2D eigenvalue weighted by Crippen LogP contribution is 2.15. The summed E-state index contributed by atoms with van der Waals surface area (Å²) in [6, 6.07) is 0. The molecule has 0 aliphatic carbocycles. The van der Waals surface area contributed by atoms with Gasteiger partial charge in [-0.25, -0.2) is 9.97 Å². The van der Waals surface area contributed by atoms with E-state index in [-0.39, 0.29) is 5.91 Å². The molecule has 0 atom stereocenters. The van der Waals surface area contributed by atoms with Crippen molar-refractivity contribution in [3.8, 4) is 0 Å². The highest BCUT2D eigenvalue weighted by molar-refractivity contribution is 5.93. The number of anilines is 1. The Morgan fingerprint density at radius 3 is 2.38 bits per heavy atom. The number of hydrogen-bond acceptors (Lipinski definition) is 4. The van der Waals surface area contributed by atoms with Gasteiger partial charge in [0.2, 0.25) is 5.95 Å². The fourth-order valence-electron chi connectivity index (χ4n) is 2.58. The lowest BCUT2D eigenvalue weighted by Gasteiger charge is -2.20. The molecule has 0 N–H and O–H groups in total. The van der Waals surface area contributed by atoms with E-state index in [0.29, 0.717) is 5.56 Å². The van der Waals surface area contributed by atoms with Crippen molar-refractivity contribution in [1.82, 2.24) is 14.9 Å². The van der Waals surface area contributed by atoms with E-state index in [2.05, 4.69) is 21.8 Å². The molecule has 0 saturated carbocycles. The Balaban J connectivity index is 1.99. The van der Waals surface area contributed by atoms with Crippen molar-refractivity contribution in [3.05, 3.63) is 18.0 Å². The quantitative estimate of drug-likeness (QED) is 0.836. The van der Waals surface area contributed by atoms with Crippen LogP contribution in [0.2, 0.25) is 0 Å². The summed E-state index contributed by atoms with van der Waals surface area (Å²) >= 11 is 0. The van der Waals surface area contributed by atoms with Crippen LogP contribution < -0.4 is 4.90 Å². The lowest BCUT2D eigenvalue weighted by atomic mass is 10.2. The topological polar surface area (TPSA) is 49.3 Å². The van der Waals surface area contributed by atoms with E-state index in [1.54, 1.807) is 17.3 Å². The molecule has 1 aliphatic rings. The van der Waals surface area contributed by atoms with Crippen molar-refractivity contribution in [3.63, 3.8) is 0 Å². The Bertz CT molecular complexity index is 438. The minimum Gasteiger partial charge on any atom is -0.342 e. The number of unbranched alkanes of at least 4 members (excludes halogenated alkanes) is 1. The standard InChI is InChI=1S/C16H26N4O/c1-3-4-9-19(2)15(21)14-12-17-16(18-13-14)20-10-7-5-6-8-11-20/h12-13H,3-11H2,1-2H3. The number of carbonyl (C=O) groups excluding carboxylic acids is 1. The van der Waals surface area contributed by atoms with E-state index in [4.69, 9.17) is 0 Å². The first-order chi connectivity index (χ1) is 10.2. The Morgan fingerprint density at radius 2 is 1.81 bits per heavy atom. The molecule has 1 fully saturated rings. The van der Waals surface area contributed by atoms with Crippen LogP contribution in [0.25, 0.3) is 0 Å². The molecule has 2 rings (SSSR count). The molecule has 21 heavy (non-hydrogen) atoms. The summed E-state index contributed by atoms with van der Waals surface area (Å²) in [5, 5.41) is 0. The van der Waals surface area contributed by atoms with Gasteiger partial charge in [0.15, 0.2) is 0 Å². The van der Waals surface area contributed by atoms with Gasteiger partial charge < -0.3 is 9.80 Å². The van der Waals surface area contributed by atoms with Crippen molar-refractivity contribution in [1.29, 1.82) is 0 Å². The average Bonchev–Trinajstić information content (AvgIpc) is 2.81. The number of rotatable bonds is 5. The van der Waals surface area contributed by atoms with E-state index in [1.807, 2.05) is 7.05 Å². The second-order valence-electron chi connectivity index (χ2n) is 5.75. The van der Waals surface area contributed by atoms with Gasteiger partial charge in [-0.3, -0.25) is 4.79 Å². The maximum absolute atomic E-state index is 12.2. The van der Waals surface area contributed by atoms with Crippen LogP contribution in [0.15, 0.2) is 12.4 Å². The number of nitrogens with zero attached hydrogens (tertiary/aromatic N) is 4. The van der Waals surface area contributed by atoms with Crippen LogP contribution in [0.5, 0.6) is 0 Å². The smallest absolute Gasteiger partial charge is 0.256 e. The molecular formula is C16H26N4O. The van der Waals surface area contributed by atoms with Gasteiger partial charge in [-0.15, -0.1) is 0 Å². The van der Waals surface area contributed by atoms with Crippen LogP contribution >= 0.6 is 0 Å². The average molecular weight is 290 g/mol. The second-order valence-corrected chi connectivity index (χ2v) is 5.75. The number of hydrogen-bond donors (Lipinski definition) is 0. The lowest BCUT2D eigenvalue weighted by molar-refractivity contribution is 0.0792. The minimum absolute atomic E-state index is 0.00543. The van der Waals surface area contributed by atoms with Crippen LogP contribution in [0.4, 0.5) is 5.95 Å². The summed E-state index contributed by atoms with van der Waals surface area (Å²) in [7, 11) is 1.83. The first-order valence-electron chi connectivity index (χ1n) is 8.05. The number of aromatic nitrogens is 2. The second kappa shape index (κ2) is 7.96. The summed E-state index contributed by atoms with van der Waals surface area (Å²) < 4.78 is 0. The molecule has 5 heteroatoms. The Morgan fingerprint density at radius 1 is 1.19 bits per heavy atom. The molecular weight excluding hydrogens is 264 g/mol. The molecule has 1 aromatic rings. The van der Waals surface area contributed by atoms with Gasteiger partial charge in [-0.1, -0.05) is 26.2 Å².